The molecule has 0 aromatic heterocycles. The van der Waals surface area contributed by atoms with E-state index in [-0.39, 0.29) is 0 Å². The number of para-hydroxylation sites is 1. The van der Waals surface area contributed by atoms with Gasteiger partial charge in [-0.25, -0.2) is 0 Å². The number of aryl methyl sites for hydroxylation is 2. The molecule has 0 fully saturated rings. The molecule has 0 saturated heterocycles. The summed E-state index contributed by atoms with van der Waals surface area (Å²) >= 11 is 1.73. The lowest BCUT2D eigenvalue weighted by molar-refractivity contribution is 1.28. The Morgan fingerprint density at radius 2 is 1.95 bits per heavy atom. The molecular formula is C16H16N2S. The van der Waals surface area contributed by atoms with Gasteiger partial charge >= 0.3 is 0 Å². The molecule has 19 heavy (non-hydrogen) atoms. The van der Waals surface area contributed by atoms with Crippen LogP contribution in [0.3, 0.4) is 0 Å². The number of nitrogen functional groups attached to an aromatic ring is 1. The monoisotopic (exact) mass is 268 g/mol. The van der Waals surface area contributed by atoms with Gasteiger partial charge in [-0.2, -0.15) is 5.26 Å². The van der Waals surface area contributed by atoms with Crippen molar-refractivity contribution in [2.24, 2.45) is 0 Å². The number of nitrogens with two attached hydrogens (primary N) is 1. The summed E-state index contributed by atoms with van der Waals surface area (Å²) in [5, 5.41) is 8.86. The molecule has 0 saturated carbocycles. The number of rotatable bonds is 3. The number of hydrogen-bond acceptors (Lipinski definition) is 3. The molecular weight excluding hydrogens is 252 g/mol. The first-order valence-electron chi connectivity index (χ1n) is 6.09. The Morgan fingerprint density at radius 1 is 1.16 bits per heavy atom. The van der Waals surface area contributed by atoms with Crippen LogP contribution in [0.5, 0.6) is 0 Å². The van der Waals surface area contributed by atoms with E-state index < -0.39 is 0 Å². The highest BCUT2D eigenvalue weighted by Crippen LogP contribution is 2.30. The lowest BCUT2D eigenvalue weighted by atomic mass is 10.1. The molecule has 0 unspecified atom stereocenters. The minimum absolute atomic E-state index is 0.710. The summed E-state index contributed by atoms with van der Waals surface area (Å²) in [4.78, 5) is 1.11. The highest BCUT2D eigenvalue weighted by atomic mass is 32.2. The predicted octanol–water partition coefficient (Wildman–Crippen LogP) is 4.05. The maximum atomic E-state index is 8.86. The molecule has 2 aromatic carbocycles. The first-order chi connectivity index (χ1) is 9.11. The Balaban J connectivity index is 2.15. The first kappa shape index (κ1) is 13.5. The van der Waals surface area contributed by atoms with E-state index in [2.05, 4.69) is 6.07 Å². The third-order valence-electron chi connectivity index (χ3n) is 3.14. The van der Waals surface area contributed by atoms with Crippen molar-refractivity contribution < 1.29 is 0 Å². The summed E-state index contributed by atoms with van der Waals surface area (Å²) in [5.74, 6) is 0.866. The van der Waals surface area contributed by atoms with E-state index in [1.807, 2.05) is 50.2 Å². The summed E-state index contributed by atoms with van der Waals surface area (Å²) in [6.07, 6.45) is 0. The highest BCUT2D eigenvalue weighted by molar-refractivity contribution is 7.98. The quantitative estimate of drug-likeness (QED) is 0.675. The lowest BCUT2D eigenvalue weighted by Crippen LogP contribution is -1.93. The van der Waals surface area contributed by atoms with Crippen LogP contribution in [0.2, 0.25) is 0 Å². The van der Waals surface area contributed by atoms with Gasteiger partial charge in [0.15, 0.2) is 0 Å². The van der Waals surface area contributed by atoms with E-state index in [9.17, 15) is 0 Å². The van der Waals surface area contributed by atoms with Gasteiger partial charge in [-0.3, -0.25) is 0 Å². The van der Waals surface area contributed by atoms with E-state index in [4.69, 9.17) is 11.0 Å². The minimum atomic E-state index is 0.710. The van der Waals surface area contributed by atoms with E-state index in [0.717, 1.165) is 27.5 Å². The third kappa shape index (κ3) is 3.10. The fourth-order valence-corrected chi connectivity index (χ4v) is 2.99. The molecule has 0 aliphatic heterocycles. The predicted molar refractivity (Wildman–Crippen MR) is 81.0 cm³/mol. The van der Waals surface area contributed by atoms with Crippen molar-refractivity contribution in [3.05, 3.63) is 58.7 Å². The maximum absolute atomic E-state index is 8.86. The van der Waals surface area contributed by atoms with Gasteiger partial charge in [-0.05, 0) is 48.7 Å². The molecule has 0 aliphatic rings. The van der Waals surface area contributed by atoms with Gasteiger partial charge in [0, 0.05) is 16.3 Å². The number of hydrogen-bond donors (Lipinski definition) is 1. The Morgan fingerprint density at radius 3 is 2.63 bits per heavy atom. The Bertz CT molecular complexity index is 642. The number of anilines is 1. The van der Waals surface area contributed by atoms with Crippen molar-refractivity contribution in [2.75, 3.05) is 5.73 Å². The summed E-state index contributed by atoms with van der Waals surface area (Å²) in [7, 11) is 0. The van der Waals surface area contributed by atoms with E-state index >= 15 is 0 Å². The molecule has 0 radical (unpaired) electrons. The molecule has 0 atom stereocenters. The Hall–Kier alpha value is -1.92. The molecule has 0 heterocycles. The van der Waals surface area contributed by atoms with Crippen LogP contribution in [-0.4, -0.2) is 0 Å². The third-order valence-corrected chi connectivity index (χ3v) is 4.26. The van der Waals surface area contributed by atoms with Crippen LogP contribution in [-0.2, 0) is 5.75 Å². The summed E-state index contributed by atoms with van der Waals surface area (Å²) in [6.45, 7) is 4.06. The van der Waals surface area contributed by atoms with E-state index in [1.165, 1.54) is 5.56 Å². The van der Waals surface area contributed by atoms with Gasteiger partial charge in [0.1, 0.15) is 0 Å². The van der Waals surface area contributed by atoms with Gasteiger partial charge in [0.25, 0.3) is 0 Å². The smallest absolute Gasteiger partial charge is 0.0991 e. The van der Waals surface area contributed by atoms with Crippen LogP contribution < -0.4 is 5.73 Å². The largest absolute Gasteiger partial charge is 0.398 e. The molecule has 2 aromatic rings. The van der Waals surface area contributed by atoms with Crippen molar-refractivity contribution >= 4 is 17.4 Å². The molecule has 0 amide bonds. The number of thioether (sulfide) groups is 1. The SMILES string of the molecule is Cc1cc(C#N)ccc1CSc1cccc(C)c1N. The topological polar surface area (TPSA) is 49.8 Å². The van der Waals surface area contributed by atoms with Crippen LogP contribution in [0.15, 0.2) is 41.3 Å². The normalized spacial score (nSPS) is 10.2. The van der Waals surface area contributed by atoms with Gasteiger partial charge in [0.2, 0.25) is 0 Å². The Kier molecular flexibility index (Phi) is 4.13. The summed E-state index contributed by atoms with van der Waals surface area (Å²) in [6, 6.07) is 14.1. The van der Waals surface area contributed by atoms with Crippen molar-refractivity contribution in [1.82, 2.24) is 0 Å². The van der Waals surface area contributed by atoms with Crippen LogP contribution in [0, 0.1) is 25.2 Å². The number of nitrogens with zero attached hydrogens (tertiary/aromatic N) is 1. The standard InChI is InChI=1S/C16H16N2S/c1-11-4-3-5-15(16(11)18)19-10-14-7-6-13(9-17)8-12(14)2/h3-8H,10,18H2,1-2H3. The average molecular weight is 268 g/mol. The molecule has 2 nitrogen and oxygen atoms in total. The van der Waals surface area contributed by atoms with Gasteiger partial charge < -0.3 is 5.73 Å². The first-order valence-corrected chi connectivity index (χ1v) is 7.08. The second-order valence-corrected chi connectivity index (χ2v) is 5.55. The maximum Gasteiger partial charge on any atom is 0.0991 e. The van der Waals surface area contributed by atoms with Crippen molar-refractivity contribution in [3.8, 4) is 6.07 Å². The molecule has 0 spiro atoms. The Labute approximate surface area is 118 Å². The van der Waals surface area contributed by atoms with Crippen molar-refractivity contribution in [2.45, 2.75) is 24.5 Å². The molecule has 0 bridgehead atoms. The number of nitriles is 1. The van der Waals surface area contributed by atoms with Gasteiger partial charge in [-0.1, -0.05) is 18.2 Å². The van der Waals surface area contributed by atoms with Crippen LogP contribution in [0.4, 0.5) is 5.69 Å². The lowest BCUT2D eigenvalue weighted by Gasteiger charge is -2.09. The average Bonchev–Trinajstić information content (AvgIpc) is 2.41. The second-order valence-electron chi connectivity index (χ2n) is 4.53. The zero-order valence-corrected chi connectivity index (χ0v) is 11.9. The highest BCUT2D eigenvalue weighted by Gasteiger charge is 2.05. The van der Waals surface area contributed by atoms with Crippen LogP contribution >= 0.6 is 11.8 Å². The van der Waals surface area contributed by atoms with Gasteiger partial charge in [-0.15, -0.1) is 11.8 Å². The summed E-state index contributed by atoms with van der Waals surface area (Å²) in [5.41, 5.74) is 11.1. The zero-order valence-electron chi connectivity index (χ0n) is 11.1. The molecule has 0 aliphatic carbocycles. The van der Waals surface area contributed by atoms with E-state index in [1.54, 1.807) is 11.8 Å². The van der Waals surface area contributed by atoms with E-state index in [0.29, 0.717) is 5.56 Å². The minimum Gasteiger partial charge on any atom is -0.398 e. The fraction of sp³-hybridized carbons (Fsp3) is 0.188. The number of benzene rings is 2. The van der Waals surface area contributed by atoms with Crippen molar-refractivity contribution in [1.29, 1.82) is 5.26 Å². The fourth-order valence-electron chi connectivity index (χ4n) is 1.86. The molecule has 2 N–H and O–H groups in total. The zero-order chi connectivity index (χ0) is 13.8. The molecule has 2 rings (SSSR count). The molecule has 3 heteroatoms. The van der Waals surface area contributed by atoms with Crippen molar-refractivity contribution in [3.63, 3.8) is 0 Å². The molecule has 96 valence electrons. The van der Waals surface area contributed by atoms with Crippen LogP contribution in [0.1, 0.15) is 22.3 Å². The van der Waals surface area contributed by atoms with Crippen LogP contribution in [0.25, 0.3) is 0 Å². The van der Waals surface area contributed by atoms with Gasteiger partial charge in [0.05, 0.1) is 11.6 Å². The summed E-state index contributed by atoms with van der Waals surface area (Å²) < 4.78 is 0. The second kappa shape index (κ2) is 5.81.